The number of carbonyl (C=O) groups is 1. The van der Waals surface area contributed by atoms with E-state index in [0.717, 1.165) is 6.07 Å². The summed E-state index contributed by atoms with van der Waals surface area (Å²) in [5.74, 6) is -3.57. The summed E-state index contributed by atoms with van der Waals surface area (Å²) in [5.41, 5.74) is 0. The Balaban J connectivity index is 3.37. The zero-order valence-electron chi connectivity index (χ0n) is 10.4. The van der Waals surface area contributed by atoms with Crippen LogP contribution in [0.15, 0.2) is 21.5 Å². The molecule has 20 heavy (non-hydrogen) atoms. The molecular formula is C11H12BrF2NO4S. The zero-order valence-corrected chi connectivity index (χ0v) is 12.8. The van der Waals surface area contributed by atoms with Crippen molar-refractivity contribution < 1.29 is 27.1 Å². The molecule has 1 aromatic rings. The minimum absolute atomic E-state index is 0.0854. The molecule has 0 saturated heterocycles. The van der Waals surface area contributed by atoms with Crippen molar-refractivity contribution >= 4 is 31.9 Å². The van der Waals surface area contributed by atoms with E-state index in [1.807, 2.05) is 0 Å². The lowest BCUT2D eigenvalue weighted by Crippen LogP contribution is -2.36. The smallest absolute Gasteiger partial charge is 0.318 e. The van der Waals surface area contributed by atoms with Crippen molar-refractivity contribution in [3.63, 3.8) is 0 Å². The molecule has 112 valence electrons. The van der Waals surface area contributed by atoms with Gasteiger partial charge in [0, 0.05) is 17.1 Å². The summed E-state index contributed by atoms with van der Waals surface area (Å²) in [5, 5.41) is 8.73. The average Bonchev–Trinajstić information content (AvgIpc) is 2.25. The second-order valence-corrected chi connectivity index (χ2v) is 6.66. The van der Waals surface area contributed by atoms with E-state index in [1.165, 1.54) is 0 Å². The fraction of sp³-hybridized carbons (Fsp3) is 0.364. The predicted octanol–water partition coefficient (Wildman–Crippen LogP) is 2.21. The molecule has 0 saturated carbocycles. The van der Waals surface area contributed by atoms with Gasteiger partial charge in [0.25, 0.3) is 0 Å². The van der Waals surface area contributed by atoms with Crippen molar-refractivity contribution in [3.05, 3.63) is 28.2 Å². The van der Waals surface area contributed by atoms with Gasteiger partial charge in [0.1, 0.15) is 23.1 Å². The molecule has 1 rings (SSSR count). The Bertz CT molecular complexity index is 598. The Morgan fingerprint density at radius 2 is 2.00 bits per heavy atom. The average molecular weight is 372 g/mol. The fourth-order valence-electron chi connectivity index (χ4n) is 1.59. The van der Waals surface area contributed by atoms with E-state index in [1.54, 1.807) is 6.92 Å². The summed E-state index contributed by atoms with van der Waals surface area (Å²) in [7, 11) is -4.37. The highest BCUT2D eigenvalue weighted by molar-refractivity contribution is 9.10. The maximum Gasteiger partial charge on any atom is 0.318 e. The minimum atomic E-state index is -4.37. The van der Waals surface area contributed by atoms with E-state index in [9.17, 15) is 22.0 Å². The summed E-state index contributed by atoms with van der Waals surface area (Å²) in [6.07, 6.45) is 0.354. The van der Waals surface area contributed by atoms with Gasteiger partial charge in [-0.2, -0.15) is 4.31 Å². The number of halogens is 3. The standard InChI is InChI=1S/C11H12BrF2NO4S/c1-2-3-15(6-10(16)17)20(18,19)11-8(12)4-7(13)5-9(11)14/h4-5H,2-3,6H2,1H3,(H,16,17). The van der Waals surface area contributed by atoms with Crippen molar-refractivity contribution in [1.29, 1.82) is 0 Å². The number of aliphatic carboxylic acids is 1. The first kappa shape index (κ1) is 17.0. The Kier molecular flexibility index (Phi) is 5.60. The Morgan fingerprint density at radius 1 is 1.40 bits per heavy atom. The third-order valence-corrected chi connectivity index (χ3v) is 5.16. The summed E-state index contributed by atoms with van der Waals surface area (Å²) < 4.78 is 51.6. The predicted molar refractivity (Wildman–Crippen MR) is 70.7 cm³/mol. The van der Waals surface area contributed by atoms with Crippen LogP contribution in [0.3, 0.4) is 0 Å². The third kappa shape index (κ3) is 3.74. The molecule has 0 bridgehead atoms. The summed E-state index contributed by atoms with van der Waals surface area (Å²) >= 11 is 2.79. The quantitative estimate of drug-likeness (QED) is 0.831. The van der Waals surface area contributed by atoms with E-state index in [-0.39, 0.29) is 11.0 Å². The molecule has 0 radical (unpaired) electrons. The molecule has 0 heterocycles. The molecular weight excluding hydrogens is 360 g/mol. The highest BCUT2D eigenvalue weighted by Crippen LogP contribution is 2.29. The van der Waals surface area contributed by atoms with Gasteiger partial charge in [-0.3, -0.25) is 4.79 Å². The lowest BCUT2D eigenvalue weighted by atomic mass is 10.3. The highest BCUT2D eigenvalue weighted by Gasteiger charge is 2.31. The first-order valence-corrected chi connectivity index (χ1v) is 7.80. The minimum Gasteiger partial charge on any atom is -0.480 e. The second kappa shape index (κ2) is 6.59. The molecule has 0 atom stereocenters. The van der Waals surface area contributed by atoms with Crippen LogP contribution < -0.4 is 0 Å². The molecule has 5 nitrogen and oxygen atoms in total. The highest BCUT2D eigenvalue weighted by atomic mass is 79.9. The van der Waals surface area contributed by atoms with Crippen LogP contribution >= 0.6 is 15.9 Å². The van der Waals surface area contributed by atoms with Crippen molar-refractivity contribution in [2.45, 2.75) is 18.2 Å². The van der Waals surface area contributed by atoms with E-state index in [4.69, 9.17) is 5.11 Å². The topological polar surface area (TPSA) is 74.7 Å². The first-order valence-electron chi connectivity index (χ1n) is 5.56. The number of hydrogen-bond acceptors (Lipinski definition) is 3. The molecule has 0 aliphatic heterocycles. The monoisotopic (exact) mass is 371 g/mol. The number of hydrogen-bond donors (Lipinski definition) is 1. The Hall–Kier alpha value is -1.06. The van der Waals surface area contributed by atoms with Gasteiger partial charge in [-0.05, 0) is 28.4 Å². The number of carboxylic acid groups (broad SMARTS) is 1. The molecule has 0 aliphatic rings. The van der Waals surface area contributed by atoms with Crippen LogP contribution in [-0.2, 0) is 14.8 Å². The van der Waals surface area contributed by atoms with Gasteiger partial charge in [0.2, 0.25) is 10.0 Å². The van der Waals surface area contributed by atoms with Gasteiger partial charge in [-0.1, -0.05) is 6.92 Å². The van der Waals surface area contributed by atoms with Crippen molar-refractivity contribution in [2.75, 3.05) is 13.1 Å². The maximum atomic E-state index is 13.7. The van der Waals surface area contributed by atoms with E-state index in [2.05, 4.69) is 15.9 Å². The van der Waals surface area contributed by atoms with Crippen LogP contribution in [0.25, 0.3) is 0 Å². The van der Waals surface area contributed by atoms with Crippen LogP contribution in [0.2, 0.25) is 0 Å². The summed E-state index contributed by atoms with van der Waals surface area (Å²) in [6, 6.07) is 1.24. The molecule has 0 aliphatic carbocycles. The van der Waals surface area contributed by atoms with Gasteiger partial charge in [-0.25, -0.2) is 17.2 Å². The fourth-order valence-corrected chi connectivity index (χ4v) is 4.18. The molecule has 1 N–H and O–H groups in total. The molecule has 9 heteroatoms. The number of sulfonamides is 1. The van der Waals surface area contributed by atoms with Gasteiger partial charge in [0.05, 0.1) is 0 Å². The summed E-state index contributed by atoms with van der Waals surface area (Å²) in [6.45, 7) is 0.776. The van der Waals surface area contributed by atoms with Crippen LogP contribution in [0.4, 0.5) is 8.78 Å². The third-order valence-electron chi connectivity index (χ3n) is 2.35. The number of carboxylic acids is 1. The largest absolute Gasteiger partial charge is 0.480 e. The molecule has 0 spiro atoms. The van der Waals surface area contributed by atoms with Gasteiger partial charge < -0.3 is 5.11 Å². The Labute approximate surface area is 123 Å². The van der Waals surface area contributed by atoms with Crippen molar-refractivity contribution in [2.24, 2.45) is 0 Å². The molecule has 0 aromatic heterocycles. The lowest BCUT2D eigenvalue weighted by molar-refractivity contribution is -0.137. The molecule has 0 amide bonds. The lowest BCUT2D eigenvalue weighted by Gasteiger charge is -2.20. The zero-order chi connectivity index (χ0) is 15.5. The van der Waals surface area contributed by atoms with E-state index >= 15 is 0 Å². The van der Waals surface area contributed by atoms with Gasteiger partial charge >= 0.3 is 5.97 Å². The Morgan fingerprint density at radius 3 is 2.45 bits per heavy atom. The molecule has 1 aromatic carbocycles. The van der Waals surface area contributed by atoms with Gasteiger partial charge in [-0.15, -0.1) is 0 Å². The van der Waals surface area contributed by atoms with Gasteiger partial charge in [0.15, 0.2) is 0 Å². The number of nitrogens with zero attached hydrogens (tertiary/aromatic N) is 1. The second-order valence-electron chi connectivity index (χ2n) is 3.93. The normalized spacial score (nSPS) is 11.8. The van der Waals surface area contributed by atoms with E-state index in [0.29, 0.717) is 16.8 Å². The SMILES string of the molecule is CCCN(CC(=O)O)S(=O)(=O)c1c(F)cc(F)cc1Br. The van der Waals surface area contributed by atoms with E-state index < -0.39 is 39.1 Å². The number of benzene rings is 1. The van der Waals surface area contributed by atoms with Crippen LogP contribution in [0, 0.1) is 11.6 Å². The number of rotatable bonds is 6. The van der Waals surface area contributed by atoms with Crippen LogP contribution in [-0.4, -0.2) is 36.9 Å². The molecule has 0 fully saturated rings. The van der Waals surface area contributed by atoms with Crippen LogP contribution in [0.1, 0.15) is 13.3 Å². The molecule has 0 unspecified atom stereocenters. The van der Waals surface area contributed by atoms with Crippen molar-refractivity contribution in [1.82, 2.24) is 4.31 Å². The maximum absolute atomic E-state index is 13.7. The van der Waals surface area contributed by atoms with Crippen molar-refractivity contribution in [3.8, 4) is 0 Å². The van der Waals surface area contributed by atoms with Crippen LogP contribution in [0.5, 0.6) is 0 Å². The summed E-state index contributed by atoms with van der Waals surface area (Å²) in [4.78, 5) is 9.95. The first-order chi connectivity index (χ1) is 9.20.